The monoisotopic (exact) mass is 550 g/mol. The van der Waals surface area contributed by atoms with Crippen molar-refractivity contribution in [3.8, 4) is 23.1 Å². The summed E-state index contributed by atoms with van der Waals surface area (Å²) in [5.41, 5.74) is 0.560. The van der Waals surface area contributed by atoms with Crippen LogP contribution < -0.4 is 24.4 Å². The Labute approximate surface area is 227 Å². The number of nitrogens with one attached hydrogen (secondary N) is 1. The van der Waals surface area contributed by atoms with Crippen LogP contribution in [0.5, 0.6) is 23.1 Å². The summed E-state index contributed by atoms with van der Waals surface area (Å²) in [6, 6.07) is 11.6. The minimum absolute atomic E-state index is 0.0123. The first-order valence-corrected chi connectivity index (χ1v) is 12.2. The van der Waals surface area contributed by atoms with E-state index in [0.717, 1.165) is 17.8 Å². The second kappa shape index (κ2) is 11.5. The number of fused-ring (bicyclic) bond motifs is 1. The van der Waals surface area contributed by atoms with Gasteiger partial charge in [0.1, 0.15) is 23.7 Å². The number of hydrogen-bond donors (Lipinski definition) is 1. The van der Waals surface area contributed by atoms with E-state index < -0.39 is 28.9 Å². The van der Waals surface area contributed by atoms with E-state index in [-0.39, 0.29) is 11.6 Å². The first-order valence-electron chi connectivity index (χ1n) is 12.2. The second-order valence-electron chi connectivity index (χ2n) is 8.70. The highest BCUT2D eigenvalue weighted by Crippen LogP contribution is 2.36. The number of aromatic nitrogens is 2. The Hall–Kier alpha value is -4.84. The predicted molar refractivity (Wildman–Crippen MR) is 142 cm³/mol. The fraction of sp³-hybridized carbons (Fsp3) is 0.214. The van der Waals surface area contributed by atoms with Gasteiger partial charge < -0.3 is 29.2 Å². The number of morpholine rings is 1. The smallest absolute Gasteiger partial charge is 0.296 e. The van der Waals surface area contributed by atoms with Crippen molar-refractivity contribution in [2.24, 2.45) is 0 Å². The van der Waals surface area contributed by atoms with Gasteiger partial charge >= 0.3 is 0 Å². The average molecular weight is 551 g/mol. The first kappa shape index (κ1) is 26.8. The lowest BCUT2D eigenvalue weighted by Gasteiger charge is -2.29. The number of ether oxygens (including phenoxy) is 4. The number of carbonyl (C=O) groups is 2. The molecule has 1 amide bonds. The molecule has 1 N–H and O–H groups in total. The summed E-state index contributed by atoms with van der Waals surface area (Å²) >= 11 is 0. The van der Waals surface area contributed by atoms with Gasteiger partial charge in [-0.25, -0.2) is 18.7 Å². The lowest BCUT2D eigenvalue weighted by atomic mass is 10.1. The Morgan fingerprint density at radius 1 is 0.950 bits per heavy atom. The average Bonchev–Trinajstić information content (AvgIpc) is 2.96. The van der Waals surface area contributed by atoms with Crippen molar-refractivity contribution >= 4 is 34.0 Å². The van der Waals surface area contributed by atoms with Crippen molar-refractivity contribution in [2.45, 2.75) is 0 Å². The predicted octanol–water partition coefficient (Wildman–Crippen LogP) is 4.38. The molecule has 40 heavy (non-hydrogen) atoms. The number of ketones is 1. The molecule has 0 spiro atoms. The molecule has 1 saturated heterocycles. The maximum Gasteiger partial charge on any atom is 0.296 e. The third-order valence-corrected chi connectivity index (χ3v) is 6.25. The van der Waals surface area contributed by atoms with Crippen LogP contribution in [0.3, 0.4) is 0 Å². The third kappa shape index (κ3) is 5.47. The number of nitrogens with zero attached hydrogens (tertiary/aromatic N) is 3. The van der Waals surface area contributed by atoms with Crippen LogP contribution in [-0.4, -0.2) is 62.2 Å². The molecule has 1 aliphatic heterocycles. The van der Waals surface area contributed by atoms with E-state index in [9.17, 15) is 18.4 Å². The van der Waals surface area contributed by atoms with Gasteiger partial charge in [-0.15, -0.1) is 0 Å². The molecule has 4 aromatic rings. The number of amides is 1. The second-order valence-corrected chi connectivity index (χ2v) is 8.70. The molecule has 1 aliphatic rings. The molecule has 5 rings (SSSR count). The summed E-state index contributed by atoms with van der Waals surface area (Å²) in [7, 11) is 2.92. The topological polar surface area (TPSA) is 112 Å². The van der Waals surface area contributed by atoms with Crippen molar-refractivity contribution < 1.29 is 37.3 Å². The molecule has 2 heterocycles. The van der Waals surface area contributed by atoms with Gasteiger partial charge in [0.2, 0.25) is 5.88 Å². The highest BCUT2D eigenvalue weighted by molar-refractivity contribution is 6.46. The molecule has 0 bridgehead atoms. The standard InChI is InChI=1S/C28H24F2N4O6/c1-37-23-13-19-22(14-24(23)38-2)31-15-32-28(19)40-18-11-20(29)25(21(30)12-18)26(35)27(36)33-16-4-3-5-17(10-16)34-6-8-39-9-7-34/h3-5,10-15H,6-9H2,1-2H3,(H,33,36). The normalized spacial score (nSPS) is 13.2. The number of benzene rings is 3. The van der Waals surface area contributed by atoms with Gasteiger partial charge in [0.05, 0.1) is 43.9 Å². The number of methoxy groups -OCH3 is 2. The molecular formula is C28H24F2N4O6. The molecule has 1 fully saturated rings. The maximum atomic E-state index is 15.0. The van der Waals surface area contributed by atoms with E-state index in [4.69, 9.17) is 18.9 Å². The number of anilines is 2. The number of halogens is 2. The molecule has 0 aliphatic carbocycles. The largest absolute Gasteiger partial charge is 0.493 e. The van der Waals surface area contributed by atoms with E-state index in [1.54, 1.807) is 30.3 Å². The number of carbonyl (C=O) groups excluding carboxylic acids is 2. The van der Waals surface area contributed by atoms with E-state index in [1.807, 2.05) is 6.07 Å². The van der Waals surface area contributed by atoms with E-state index in [1.165, 1.54) is 20.5 Å². The zero-order chi connectivity index (χ0) is 28.2. The summed E-state index contributed by atoms with van der Waals surface area (Å²) in [5, 5.41) is 2.81. The van der Waals surface area contributed by atoms with Crippen LogP contribution in [0, 0.1) is 11.6 Å². The summed E-state index contributed by atoms with van der Waals surface area (Å²) in [6.07, 6.45) is 1.21. The van der Waals surface area contributed by atoms with Crippen LogP contribution in [0.2, 0.25) is 0 Å². The molecule has 10 nitrogen and oxygen atoms in total. The Morgan fingerprint density at radius 3 is 2.35 bits per heavy atom. The van der Waals surface area contributed by atoms with Crippen LogP contribution in [-0.2, 0) is 9.53 Å². The van der Waals surface area contributed by atoms with Crippen molar-refractivity contribution in [3.63, 3.8) is 0 Å². The van der Waals surface area contributed by atoms with Gasteiger partial charge in [0.25, 0.3) is 11.7 Å². The highest BCUT2D eigenvalue weighted by Gasteiger charge is 2.26. The third-order valence-electron chi connectivity index (χ3n) is 6.25. The van der Waals surface area contributed by atoms with E-state index >= 15 is 0 Å². The molecule has 1 aromatic heterocycles. The fourth-order valence-corrected chi connectivity index (χ4v) is 4.28. The van der Waals surface area contributed by atoms with Crippen LogP contribution in [0.4, 0.5) is 20.2 Å². The van der Waals surface area contributed by atoms with Crippen LogP contribution in [0.1, 0.15) is 10.4 Å². The maximum absolute atomic E-state index is 15.0. The minimum Gasteiger partial charge on any atom is -0.493 e. The molecule has 206 valence electrons. The fourth-order valence-electron chi connectivity index (χ4n) is 4.28. The van der Waals surface area contributed by atoms with Crippen molar-refractivity contribution in [3.05, 3.63) is 72.1 Å². The lowest BCUT2D eigenvalue weighted by molar-refractivity contribution is -0.112. The Bertz CT molecular complexity index is 1570. The lowest BCUT2D eigenvalue weighted by Crippen LogP contribution is -2.36. The van der Waals surface area contributed by atoms with Crippen LogP contribution in [0.15, 0.2) is 54.9 Å². The van der Waals surface area contributed by atoms with Crippen LogP contribution >= 0.6 is 0 Å². The molecule has 12 heteroatoms. The van der Waals surface area contributed by atoms with Crippen molar-refractivity contribution in [2.75, 3.05) is 50.7 Å². The van der Waals surface area contributed by atoms with Crippen LogP contribution in [0.25, 0.3) is 10.9 Å². The molecule has 0 radical (unpaired) electrons. The van der Waals surface area contributed by atoms with Gasteiger partial charge in [-0.3, -0.25) is 9.59 Å². The molecule has 3 aromatic carbocycles. The summed E-state index contributed by atoms with van der Waals surface area (Å²) in [4.78, 5) is 35.7. The van der Waals surface area contributed by atoms with Gasteiger partial charge in [-0.2, -0.15) is 0 Å². The number of hydrogen-bond acceptors (Lipinski definition) is 9. The number of rotatable bonds is 8. The van der Waals surface area contributed by atoms with E-state index in [0.29, 0.717) is 54.4 Å². The molecular weight excluding hydrogens is 526 g/mol. The zero-order valence-corrected chi connectivity index (χ0v) is 21.6. The summed E-state index contributed by atoms with van der Waals surface area (Å²) in [6.45, 7) is 2.49. The minimum atomic E-state index is -1.37. The summed E-state index contributed by atoms with van der Waals surface area (Å²) in [5.74, 6) is -4.59. The first-order chi connectivity index (χ1) is 19.4. The van der Waals surface area contributed by atoms with Gasteiger partial charge in [-0.05, 0) is 24.3 Å². The zero-order valence-electron chi connectivity index (χ0n) is 21.6. The van der Waals surface area contributed by atoms with Crippen molar-refractivity contribution in [1.29, 1.82) is 0 Å². The Morgan fingerprint density at radius 2 is 1.65 bits per heavy atom. The number of Topliss-reactive ketones (excluding diaryl/α,β-unsaturated/α-hetero) is 1. The highest BCUT2D eigenvalue weighted by atomic mass is 19.1. The molecule has 0 atom stereocenters. The molecule has 0 saturated carbocycles. The SMILES string of the molecule is COc1cc2ncnc(Oc3cc(F)c(C(=O)C(=O)Nc4cccc(N5CCOCC5)c4)c(F)c3)c2cc1OC. The van der Waals surface area contributed by atoms with Crippen molar-refractivity contribution in [1.82, 2.24) is 9.97 Å². The van der Waals surface area contributed by atoms with E-state index in [2.05, 4.69) is 20.2 Å². The molecule has 0 unspecified atom stereocenters. The van der Waals surface area contributed by atoms with Gasteiger partial charge in [0.15, 0.2) is 11.5 Å². The van der Waals surface area contributed by atoms with Gasteiger partial charge in [-0.1, -0.05) is 6.07 Å². The summed E-state index contributed by atoms with van der Waals surface area (Å²) < 4.78 is 51.5. The quantitative estimate of drug-likeness (QED) is 0.252. The van der Waals surface area contributed by atoms with Gasteiger partial charge in [0, 0.05) is 42.7 Å². The Balaban J connectivity index is 1.35. The Kier molecular flexibility index (Phi) is 7.69.